The highest BCUT2D eigenvalue weighted by Gasteiger charge is 1.97. The summed E-state index contributed by atoms with van der Waals surface area (Å²) in [5.41, 5.74) is 2.17. The molecule has 0 radical (unpaired) electrons. The van der Waals surface area contributed by atoms with Gasteiger partial charge in [-0.25, -0.2) is 0 Å². The van der Waals surface area contributed by atoms with Gasteiger partial charge in [-0.05, 0) is 30.2 Å². The van der Waals surface area contributed by atoms with Crippen molar-refractivity contribution in [1.29, 1.82) is 0 Å². The van der Waals surface area contributed by atoms with Gasteiger partial charge in [0.15, 0.2) is 0 Å². The molecular formula is C11H11Cl3. The fourth-order valence-corrected chi connectivity index (χ4v) is 1.94. The zero-order valence-corrected chi connectivity index (χ0v) is 10.1. The van der Waals surface area contributed by atoms with Crippen LogP contribution in [0.2, 0.25) is 10.0 Å². The van der Waals surface area contributed by atoms with Gasteiger partial charge in [0.25, 0.3) is 0 Å². The van der Waals surface area contributed by atoms with Crippen molar-refractivity contribution in [1.82, 2.24) is 0 Å². The molecule has 0 bridgehead atoms. The number of allylic oxidation sites excluding steroid dienone is 1. The maximum absolute atomic E-state index is 5.87. The Morgan fingerprint density at radius 1 is 1.21 bits per heavy atom. The van der Waals surface area contributed by atoms with Crippen LogP contribution >= 0.6 is 34.8 Å². The van der Waals surface area contributed by atoms with Crippen LogP contribution in [-0.2, 0) is 0 Å². The lowest BCUT2D eigenvalue weighted by Crippen LogP contribution is -1.82. The predicted molar refractivity (Wildman–Crippen MR) is 65.5 cm³/mol. The highest BCUT2D eigenvalue weighted by molar-refractivity contribution is 6.34. The first-order valence-corrected chi connectivity index (χ1v) is 5.66. The van der Waals surface area contributed by atoms with Crippen LogP contribution in [0, 0.1) is 0 Å². The fourth-order valence-electron chi connectivity index (χ4n) is 1.13. The van der Waals surface area contributed by atoms with Gasteiger partial charge >= 0.3 is 0 Å². The average molecular weight is 250 g/mol. The van der Waals surface area contributed by atoms with Gasteiger partial charge in [0.05, 0.1) is 0 Å². The van der Waals surface area contributed by atoms with E-state index in [9.17, 15) is 0 Å². The van der Waals surface area contributed by atoms with Gasteiger partial charge < -0.3 is 0 Å². The van der Waals surface area contributed by atoms with Gasteiger partial charge in [-0.2, -0.15) is 0 Å². The Balaban J connectivity index is 3.01. The first-order chi connectivity index (χ1) is 6.65. The van der Waals surface area contributed by atoms with Crippen molar-refractivity contribution in [2.75, 3.05) is 5.88 Å². The molecule has 0 saturated carbocycles. The predicted octanol–water partition coefficient (Wildman–Crippen LogP) is 5.03. The Kier molecular flexibility index (Phi) is 4.80. The van der Waals surface area contributed by atoms with Crippen LogP contribution in [-0.4, -0.2) is 5.88 Å². The number of halogens is 3. The molecule has 0 fully saturated rings. The van der Waals surface area contributed by atoms with Crippen molar-refractivity contribution in [3.05, 3.63) is 39.4 Å². The second-order valence-corrected chi connectivity index (χ2v) is 4.13. The summed E-state index contributed by atoms with van der Waals surface area (Å²) in [6.07, 6.45) is 2.96. The van der Waals surface area contributed by atoms with Crippen molar-refractivity contribution < 1.29 is 0 Å². The minimum absolute atomic E-state index is 0.542. The summed E-state index contributed by atoms with van der Waals surface area (Å²) in [7, 11) is 0. The van der Waals surface area contributed by atoms with Crippen molar-refractivity contribution >= 4 is 40.9 Å². The van der Waals surface area contributed by atoms with Crippen molar-refractivity contribution in [2.24, 2.45) is 0 Å². The minimum Gasteiger partial charge on any atom is -0.122 e. The largest absolute Gasteiger partial charge is 0.122 e. The zero-order chi connectivity index (χ0) is 10.6. The molecule has 76 valence electrons. The first kappa shape index (κ1) is 11.9. The van der Waals surface area contributed by atoms with E-state index in [1.165, 1.54) is 5.57 Å². The molecule has 0 saturated heterocycles. The van der Waals surface area contributed by atoms with Gasteiger partial charge in [-0.3, -0.25) is 0 Å². The lowest BCUT2D eigenvalue weighted by molar-refractivity contribution is 1.12. The van der Waals surface area contributed by atoms with Gasteiger partial charge in [-0.1, -0.05) is 41.8 Å². The average Bonchev–Trinajstić information content (AvgIpc) is 2.12. The summed E-state index contributed by atoms with van der Waals surface area (Å²) in [6.45, 7) is 2.07. The number of alkyl halides is 1. The van der Waals surface area contributed by atoms with Crippen LogP contribution in [0.25, 0.3) is 6.08 Å². The topological polar surface area (TPSA) is 0 Å². The molecule has 3 heteroatoms. The van der Waals surface area contributed by atoms with E-state index in [1.54, 1.807) is 6.07 Å². The molecular weight excluding hydrogens is 238 g/mol. The summed E-state index contributed by atoms with van der Waals surface area (Å²) in [5, 5.41) is 1.29. The number of benzene rings is 1. The molecule has 0 amide bonds. The van der Waals surface area contributed by atoms with Crippen LogP contribution in [0.3, 0.4) is 0 Å². The molecule has 0 nitrogen and oxygen atoms in total. The molecule has 1 aromatic rings. The van der Waals surface area contributed by atoms with Gasteiger partial charge in [0.2, 0.25) is 0 Å². The maximum Gasteiger partial charge on any atom is 0.0436 e. The SMILES string of the molecule is CCC(=Cc1cc(Cl)cc(Cl)c1)CCl. The molecule has 14 heavy (non-hydrogen) atoms. The summed E-state index contributed by atoms with van der Waals surface area (Å²) in [4.78, 5) is 0. The first-order valence-electron chi connectivity index (χ1n) is 4.37. The second kappa shape index (κ2) is 5.65. The van der Waals surface area contributed by atoms with Crippen molar-refractivity contribution in [3.8, 4) is 0 Å². The molecule has 0 aliphatic rings. The molecule has 0 N–H and O–H groups in total. The summed E-state index contributed by atoms with van der Waals surface area (Å²) in [5.74, 6) is 0.542. The molecule has 0 atom stereocenters. The Morgan fingerprint density at radius 2 is 1.79 bits per heavy atom. The number of rotatable bonds is 3. The smallest absolute Gasteiger partial charge is 0.0436 e. The molecule has 0 heterocycles. The van der Waals surface area contributed by atoms with Crippen LogP contribution in [0.1, 0.15) is 18.9 Å². The molecule has 0 spiro atoms. The summed E-state index contributed by atoms with van der Waals surface area (Å²) >= 11 is 17.5. The summed E-state index contributed by atoms with van der Waals surface area (Å²) < 4.78 is 0. The molecule has 0 aromatic heterocycles. The van der Waals surface area contributed by atoms with Crippen molar-refractivity contribution in [2.45, 2.75) is 13.3 Å². The molecule has 0 unspecified atom stereocenters. The second-order valence-electron chi connectivity index (χ2n) is 2.99. The van der Waals surface area contributed by atoms with Gasteiger partial charge in [0, 0.05) is 15.9 Å². The van der Waals surface area contributed by atoms with E-state index >= 15 is 0 Å². The fraction of sp³-hybridized carbons (Fsp3) is 0.273. The number of hydrogen-bond donors (Lipinski definition) is 0. The van der Waals surface area contributed by atoms with E-state index in [0.717, 1.165) is 12.0 Å². The normalized spacial score (nSPS) is 11.9. The van der Waals surface area contributed by atoms with Crippen molar-refractivity contribution in [3.63, 3.8) is 0 Å². The Hall–Kier alpha value is -0.170. The highest BCUT2D eigenvalue weighted by Crippen LogP contribution is 2.21. The van der Waals surface area contributed by atoms with E-state index in [0.29, 0.717) is 15.9 Å². The van der Waals surface area contributed by atoms with E-state index in [1.807, 2.05) is 18.2 Å². The van der Waals surface area contributed by atoms with Crippen LogP contribution in [0.4, 0.5) is 0 Å². The Morgan fingerprint density at radius 3 is 2.21 bits per heavy atom. The standard InChI is InChI=1S/C11H11Cl3/c1-2-8(7-12)3-9-4-10(13)6-11(14)5-9/h3-6H,2,7H2,1H3. The van der Waals surface area contributed by atoms with Gasteiger partial charge in [-0.15, -0.1) is 11.6 Å². The van der Waals surface area contributed by atoms with E-state index in [4.69, 9.17) is 34.8 Å². The van der Waals surface area contributed by atoms with Crippen LogP contribution < -0.4 is 0 Å². The van der Waals surface area contributed by atoms with E-state index < -0.39 is 0 Å². The van der Waals surface area contributed by atoms with E-state index in [2.05, 4.69) is 6.92 Å². The molecule has 0 aliphatic carbocycles. The summed E-state index contributed by atoms with van der Waals surface area (Å²) in [6, 6.07) is 5.46. The third-order valence-corrected chi connectivity index (χ3v) is 2.66. The molecule has 1 rings (SSSR count). The lowest BCUT2D eigenvalue weighted by atomic mass is 10.1. The van der Waals surface area contributed by atoms with Gasteiger partial charge in [0.1, 0.15) is 0 Å². The van der Waals surface area contributed by atoms with Crippen LogP contribution in [0.15, 0.2) is 23.8 Å². The Labute approximate surface area is 99.5 Å². The van der Waals surface area contributed by atoms with Crippen LogP contribution in [0.5, 0.6) is 0 Å². The third-order valence-electron chi connectivity index (χ3n) is 1.88. The number of hydrogen-bond acceptors (Lipinski definition) is 0. The monoisotopic (exact) mass is 248 g/mol. The lowest BCUT2D eigenvalue weighted by Gasteiger charge is -2.01. The highest BCUT2D eigenvalue weighted by atomic mass is 35.5. The zero-order valence-electron chi connectivity index (χ0n) is 7.86. The molecule has 1 aromatic carbocycles. The maximum atomic E-state index is 5.87. The quantitative estimate of drug-likeness (QED) is 0.660. The minimum atomic E-state index is 0.542. The Bertz CT molecular complexity index is 316. The third kappa shape index (κ3) is 3.53. The van der Waals surface area contributed by atoms with E-state index in [-0.39, 0.29) is 0 Å². The molecule has 0 aliphatic heterocycles.